The molecule has 1 N–H and O–H groups in total. The molecule has 6 heteroatoms. The van der Waals surface area contributed by atoms with Crippen molar-refractivity contribution in [2.75, 3.05) is 19.9 Å². The van der Waals surface area contributed by atoms with Crippen LogP contribution in [0.4, 0.5) is 0 Å². The second-order valence-electron chi connectivity index (χ2n) is 5.28. The van der Waals surface area contributed by atoms with E-state index < -0.39 is 5.97 Å². The fourth-order valence-electron chi connectivity index (χ4n) is 2.79. The third-order valence-corrected chi connectivity index (χ3v) is 4.12. The average molecular weight is 298 g/mol. The second-order valence-corrected chi connectivity index (χ2v) is 5.69. The largest absolute Gasteiger partial charge is 0.481 e. The lowest BCUT2D eigenvalue weighted by Crippen LogP contribution is -2.21. The van der Waals surface area contributed by atoms with Crippen LogP contribution in [-0.2, 0) is 11.3 Å². The SMILES string of the molecule is O=C(O)C[C@@H]1CCN(Cc2cc3c(cc2Cl)OCO3)C1. The molecule has 0 amide bonds. The first-order valence-corrected chi connectivity index (χ1v) is 7.02. The van der Waals surface area contributed by atoms with Crippen molar-refractivity contribution < 1.29 is 19.4 Å². The molecule has 0 saturated carbocycles. The first kappa shape index (κ1) is 13.5. The van der Waals surface area contributed by atoms with Gasteiger partial charge in [-0.25, -0.2) is 0 Å². The maximum Gasteiger partial charge on any atom is 0.303 e. The summed E-state index contributed by atoms with van der Waals surface area (Å²) in [6.07, 6.45) is 1.17. The van der Waals surface area contributed by atoms with Crippen LogP contribution in [0.2, 0.25) is 5.02 Å². The van der Waals surface area contributed by atoms with Crippen LogP contribution in [-0.4, -0.2) is 35.9 Å². The molecule has 1 fully saturated rings. The number of likely N-dealkylation sites (tertiary alicyclic amines) is 1. The van der Waals surface area contributed by atoms with Gasteiger partial charge in [-0.1, -0.05) is 11.6 Å². The summed E-state index contributed by atoms with van der Waals surface area (Å²) >= 11 is 6.25. The highest BCUT2D eigenvalue weighted by Gasteiger charge is 2.25. The van der Waals surface area contributed by atoms with Crippen molar-refractivity contribution in [2.24, 2.45) is 5.92 Å². The number of ether oxygens (including phenoxy) is 2. The lowest BCUT2D eigenvalue weighted by atomic mass is 10.1. The molecule has 0 aliphatic carbocycles. The monoisotopic (exact) mass is 297 g/mol. The van der Waals surface area contributed by atoms with Crippen molar-refractivity contribution in [1.29, 1.82) is 0 Å². The highest BCUT2D eigenvalue weighted by atomic mass is 35.5. The van der Waals surface area contributed by atoms with Crippen molar-refractivity contribution in [2.45, 2.75) is 19.4 Å². The van der Waals surface area contributed by atoms with Crippen molar-refractivity contribution >= 4 is 17.6 Å². The Balaban J connectivity index is 1.65. The molecule has 108 valence electrons. The Kier molecular flexibility index (Phi) is 3.72. The Hall–Kier alpha value is -1.46. The molecule has 3 rings (SSSR count). The number of carbonyl (C=O) groups is 1. The summed E-state index contributed by atoms with van der Waals surface area (Å²) in [7, 11) is 0. The molecule has 1 aromatic carbocycles. The Morgan fingerprint density at radius 2 is 2.15 bits per heavy atom. The van der Waals surface area contributed by atoms with E-state index in [1.165, 1.54) is 0 Å². The molecule has 1 aromatic rings. The highest BCUT2D eigenvalue weighted by molar-refractivity contribution is 6.31. The predicted octanol–water partition coefficient (Wildman–Crippen LogP) is 2.37. The summed E-state index contributed by atoms with van der Waals surface area (Å²) in [5.41, 5.74) is 0.992. The molecule has 0 unspecified atom stereocenters. The molecule has 0 radical (unpaired) electrons. The van der Waals surface area contributed by atoms with Crippen LogP contribution in [0, 0.1) is 5.92 Å². The summed E-state index contributed by atoms with van der Waals surface area (Å²) in [5, 5.41) is 9.49. The molecule has 0 spiro atoms. The van der Waals surface area contributed by atoms with Crippen LogP contribution in [0.15, 0.2) is 12.1 Å². The van der Waals surface area contributed by atoms with E-state index in [2.05, 4.69) is 4.90 Å². The Morgan fingerprint density at radius 3 is 2.90 bits per heavy atom. The van der Waals surface area contributed by atoms with Crippen LogP contribution in [0.1, 0.15) is 18.4 Å². The third-order valence-electron chi connectivity index (χ3n) is 3.77. The van der Waals surface area contributed by atoms with E-state index >= 15 is 0 Å². The number of hydrogen-bond donors (Lipinski definition) is 1. The van der Waals surface area contributed by atoms with E-state index in [9.17, 15) is 4.79 Å². The molecule has 0 bridgehead atoms. The molecule has 2 heterocycles. The lowest BCUT2D eigenvalue weighted by molar-refractivity contribution is -0.138. The standard InChI is InChI=1S/C14H16ClNO4/c15-11-5-13-12(19-8-20-13)4-10(11)7-16-2-1-9(6-16)3-14(17)18/h4-5,9H,1-3,6-8H2,(H,17,18)/t9-/m0/s1. The van der Waals surface area contributed by atoms with Crippen molar-refractivity contribution in [3.8, 4) is 11.5 Å². The van der Waals surface area contributed by atoms with Gasteiger partial charge >= 0.3 is 5.97 Å². The summed E-state index contributed by atoms with van der Waals surface area (Å²) < 4.78 is 10.6. The lowest BCUT2D eigenvalue weighted by Gasteiger charge is -2.17. The molecule has 1 saturated heterocycles. The summed E-state index contributed by atoms with van der Waals surface area (Å²) in [6.45, 7) is 2.66. The Labute approximate surface area is 122 Å². The Bertz CT molecular complexity index is 534. The van der Waals surface area contributed by atoms with Crippen LogP contribution in [0.3, 0.4) is 0 Å². The zero-order valence-electron chi connectivity index (χ0n) is 11.0. The first-order chi connectivity index (χ1) is 9.61. The number of halogens is 1. The smallest absolute Gasteiger partial charge is 0.303 e. The van der Waals surface area contributed by atoms with Crippen LogP contribution >= 0.6 is 11.6 Å². The minimum absolute atomic E-state index is 0.236. The fourth-order valence-corrected chi connectivity index (χ4v) is 3.00. The number of carboxylic acids is 1. The average Bonchev–Trinajstić information content (AvgIpc) is 2.98. The summed E-state index contributed by atoms with van der Waals surface area (Å²) in [5.74, 6) is 0.924. The van der Waals surface area contributed by atoms with Crippen LogP contribution < -0.4 is 9.47 Å². The van der Waals surface area contributed by atoms with E-state index in [4.69, 9.17) is 26.2 Å². The summed E-state index contributed by atoms with van der Waals surface area (Å²) in [4.78, 5) is 13.0. The number of nitrogens with zero attached hydrogens (tertiary/aromatic N) is 1. The van der Waals surface area contributed by atoms with E-state index in [1.807, 2.05) is 6.07 Å². The van der Waals surface area contributed by atoms with Crippen LogP contribution in [0.5, 0.6) is 11.5 Å². The van der Waals surface area contributed by atoms with Gasteiger partial charge in [-0.15, -0.1) is 0 Å². The topological polar surface area (TPSA) is 59.0 Å². The van der Waals surface area contributed by atoms with Gasteiger partial charge < -0.3 is 14.6 Å². The maximum atomic E-state index is 10.7. The van der Waals surface area contributed by atoms with Crippen LogP contribution in [0.25, 0.3) is 0 Å². The van der Waals surface area contributed by atoms with E-state index in [0.717, 1.165) is 30.8 Å². The number of rotatable bonds is 4. The minimum Gasteiger partial charge on any atom is -0.481 e. The van der Waals surface area contributed by atoms with Gasteiger partial charge in [0.05, 0.1) is 0 Å². The van der Waals surface area contributed by atoms with Gasteiger partial charge in [0.2, 0.25) is 6.79 Å². The number of hydrogen-bond acceptors (Lipinski definition) is 4. The van der Waals surface area contributed by atoms with Crippen molar-refractivity contribution in [3.05, 3.63) is 22.7 Å². The molecule has 5 nitrogen and oxygen atoms in total. The first-order valence-electron chi connectivity index (χ1n) is 6.64. The number of carboxylic acid groups (broad SMARTS) is 1. The van der Waals surface area contributed by atoms with Gasteiger partial charge in [-0.2, -0.15) is 0 Å². The van der Waals surface area contributed by atoms with Gasteiger partial charge in [0.25, 0.3) is 0 Å². The van der Waals surface area contributed by atoms with E-state index in [-0.39, 0.29) is 19.1 Å². The maximum absolute atomic E-state index is 10.7. The van der Waals surface area contributed by atoms with Gasteiger partial charge in [0.1, 0.15) is 0 Å². The quantitative estimate of drug-likeness (QED) is 0.924. The van der Waals surface area contributed by atoms with Gasteiger partial charge in [-0.05, 0) is 30.5 Å². The molecule has 2 aliphatic rings. The molecule has 2 aliphatic heterocycles. The third kappa shape index (κ3) is 2.83. The fraction of sp³-hybridized carbons (Fsp3) is 0.500. The number of benzene rings is 1. The van der Waals surface area contributed by atoms with Gasteiger partial charge in [0.15, 0.2) is 11.5 Å². The van der Waals surface area contributed by atoms with Crippen molar-refractivity contribution in [1.82, 2.24) is 4.90 Å². The van der Waals surface area contributed by atoms with Gasteiger partial charge in [0, 0.05) is 30.6 Å². The highest BCUT2D eigenvalue weighted by Crippen LogP contribution is 2.37. The van der Waals surface area contributed by atoms with Gasteiger partial charge in [-0.3, -0.25) is 9.69 Å². The zero-order chi connectivity index (χ0) is 14.1. The molecule has 1 atom stereocenters. The molecular formula is C14H16ClNO4. The number of fused-ring (bicyclic) bond motifs is 1. The van der Waals surface area contributed by atoms with E-state index in [0.29, 0.717) is 17.3 Å². The molecular weight excluding hydrogens is 282 g/mol. The molecule has 0 aromatic heterocycles. The normalized spacial score (nSPS) is 21.4. The van der Waals surface area contributed by atoms with Crippen molar-refractivity contribution in [3.63, 3.8) is 0 Å². The number of aliphatic carboxylic acids is 1. The van der Waals surface area contributed by atoms with E-state index in [1.54, 1.807) is 6.07 Å². The molecule has 20 heavy (non-hydrogen) atoms. The minimum atomic E-state index is -0.724. The Morgan fingerprint density at radius 1 is 1.40 bits per heavy atom. The zero-order valence-corrected chi connectivity index (χ0v) is 11.7. The predicted molar refractivity (Wildman–Crippen MR) is 73.2 cm³/mol. The second kappa shape index (κ2) is 5.50. The summed E-state index contributed by atoms with van der Waals surface area (Å²) in [6, 6.07) is 3.69.